The number of rotatable bonds is 6. The average Bonchev–Trinajstić information content (AvgIpc) is 3.28. The molecule has 0 fully saturated rings. The highest BCUT2D eigenvalue weighted by atomic mass is 15.2. The van der Waals surface area contributed by atoms with Gasteiger partial charge in [0.2, 0.25) is 0 Å². The summed E-state index contributed by atoms with van der Waals surface area (Å²) in [5, 5.41) is 11.2. The molecule has 0 atom stereocenters. The van der Waals surface area contributed by atoms with Crippen molar-refractivity contribution in [1.82, 2.24) is 0 Å². The summed E-state index contributed by atoms with van der Waals surface area (Å²) < 4.78 is 0. The van der Waals surface area contributed by atoms with Crippen LogP contribution in [0.3, 0.4) is 0 Å². The number of hydrogen-bond acceptors (Lipinski definition) is 2. The van der Waals surface area contributed by atoms with Crippen LogP contribution >= 0.6 is 0 Å². The summed E-state index contributed by atoms with van der Waals surface area (Å²) in [6.45, 7) is 2.24. The summed E-state index contributed by atoms with van der Waals surface area (Å²) in [6.07, 6.45) is 0. The maximum atomic E-state index is 3.89. The van der Waals surface area contributed by atoms with Crippen LogP contribution in [-0.4, -0.2) is 7.28 Å². The summed E-state index contributed by atoms with van der Waals surface area (Å²) in [5.41, 5.74) is 16.4. The van der Waals surface area contributed by atoms with Gasteiger partial charge in [-0.15, -0.1) is 0 Å². The molecule has 1 aliphatic rings. The molecule has 1 aliphatic heterocycles. The van der Waals surface area contributed by atoms with Crippen molar-refractivity contribution in [1.29, 1.82) is 0 Å². The minimum absolute atomic E-state index is 1.04. The molecule has 1 N–H and O–H groups in total. The topological polar surface area (TPSA) is 15.3 Å². The van der Waals surface area contributed by atoms with Crippen LogP contribution in [0.1, 0.15) is 5.56 Å². The zero-order valence-electron chi connectivity index (χ0n) is 32.2. The first-order valence-corrected chi connectivity index (χ1v) is 20.0. The molecular weight excluding hydrogens is 699 g/mol. The lowest BCUT2D eigenvalue weighted by atomic mass is 9.57. The van der Waals surface area contributed by atoms with E-state index in [-0.39, 0.29) is 0 Å². The lowest BCUT2D eigenvalue weighted by Gasteiger charge is -2.37. The van der Waals surface area contributed by atoms with Crippen molar-refractivity contribution in [3.63, 3.8) is 0 Å². The molecular formula is C55H38BN2. The number of nitrogens with zero attached hydrogens (tertiary/aromatic N) is 1. The van der Waals surface area contributed by atoms with Crippen LogP contribution in [0, 0.1) is 6.92 Å². The van der Waals surface area contributed by atoms with Crippen molar-refractivity contribution in [3.8, 4) is 33.4 Å². The van der Waals surface area contributed by atoms with Crippen LogP contribution < -0.4 is 21.1 Å². The Labute approximate surface area is 339 Å². The van der Waals surface area contributed by atoms with Crippen LogP contribution in [0.4, 0.5) is 28.4 Å². The van der Waals surface area contributed by atoms with Crippen LogP contribution in [0.15, 0.2) is 206 Å². The molecule has 0 aromatic heterocycles. The van der Waals surface area contributed by atoms with Gasteiger partial charge in [-0.25, -0.2) is 0 Å². The van der Waals surface area contributed by atoms with E-state index < -0.39 is 0 Å². The Kier molecular flexibility index (Phi) is 8.18. The Balaban J connectivity index is 1.18. The van der Waals surface area contributed by atoms with E-state index in [2.05, 4.69) is 231 Å². The van der Waals surface area contributed by atoms with Crippen LogP contribution in [0.5, 0.6) is 0 Å². The smallest absolute Gasteiger partial charge is 0.197 e. The Bertz CT molecular complexity index is 3170. The molecule has 10 aromatic rings. The standard InChI is InChI=1S/C55H38BN2/c1-36-24-25-43(38-16-6-3-7-17-38)34-51(36)58-52-35-42-20-9-8-19-41(42)33-49(52)56-54-48(32-44-21-11-13-23-47(44)55(54)58)53-46-22-12-10-18-40(46)28-31-50(53)57-45-29-26-39(27-30-45)37-14-4-2-5-15-37/h2-35,57H,1H3. The summed E-state index contributed by atoms with van der Waals surface area (Å²) in [6, 6.07) is 75.0. The lowest BCUT2D eigenvalue weighted by Crippen LogP contribution is -2.41. The summed E-state index contributed by atoms with van der Waals surface area (Å²) in [7, 11) is 2.44. The van der Waals surface area contributed by atoms with Gasteiger partial charge in [0.25, 0.3) is 0 Å². The van der Waals surface area contributed by atoms with E-state index in [0.717, 1.165) is 11.4 Å². The first kappa shape index (κ1) is 33.9. The monoisotopic (exact) mass is 737 g/mol. The largest absolute Gasteiger partial charge is 0.355 e. The second kappa shape index (κ2) is 14.0. The van der Waals surface area contributed by atoms with E-state index in [1.807, 2.05) is 0 Å². The number of aryl methyl sites for hydroxylation is 1. The number of hydrogen-bond donors (Lipinski definition) is 1. The van der Waals surface area contributed by atoms with Crippen molar-refractivity contribution >= 4 is 79.0 Å². The lowest BCUT2D eigenvalue weighted by molar-refractivity contribution is 1.27. The van der Waals surface area contributed by atoms with Gasteiger partial charge >= 0.3 is 0 Å². The Morgan fingerprint density at radius 2 is 1.02 bits per heavy atom. The van der Waals surface area contributed by atoms with Crippen molar-refractivity contribution in [2.45, 2.75) is 6.92 Å². The maximum absolute atomic E-state index is 3.89. The van der Waals surface area contributed by atoms with Gasteiger partial charge in [-0.3, -0.25) is 0 Å². The predicted molar refractivity (Wildman–Crippen MR) is 249 cm³/mol. The first-order chi connectivity index (χ1) is 28.7. The zero-order chi connectivity index (χ0) is 38.6. The number of benzene rings is 10. The van der Waals surface area contributed by atoms with Gasteiger partial charge in [0.15, 0.2) is 7.28 Å². The molecule has 2 nitrogen and oxygen atoms in total. The molecule has 0 aliphatic carbocycles. The predicted octanol–water partition coefficient (Wildman–Crippen LogP) is 13.6. The molecule has 271 valence electrons. The molecule has 0 unspecified atom stereocenters. The minimum atomic E-state index is 1.04. The van der Waals surface area contributed by atoms with E-state index >= 15 is 0 Å². The maximum Gasteiger partial charge on any atom is 0.197 e. The quantitative estimate of drug-likeness (QED) is 0.171. The number of anilines is 5. The Morgan fingerprint density at radius 3 is 1.76 bits per heavy atom. The van der Waals surface area contributed by atoms with Gasteiger partial charge in [0, 0.05) is 39.4 Å². The fourth-order valence-electron chi connectivity index (χ4n) is 8.88. The van der Waals surface area contributed by atoms with Gasteiger partial charge in [-0.1, -0.05) is 175 Å². The van der Waals surface area contributed by atoms with Gasteiger partial charge < -0.3 is 10.2 Å². The molecule has 3 heteroatoms. The van der Waals surface area contributed by atoms with Gasteiger partial charge in [0.1, 0.15) is 0 Å². The summed E-state index contributed by atoms with van der Waals surface area (Å²) >= 11 is 0. The van der Waals surface area contributed by atoms with Crippen molar-refractivity contribution in [3.05, 3.63) is 212 Å². The zero-order valence-corrected chi connectivity index (χ0v) is 32.2. The second-order valence-corrected chi connectivity index (χ2v) is 15.3. The van der Waals surface area contributed by atoms with Crippen molar-refractivity contribution in [2.24, 2.45) is 0 Å². The third kappa shape index (κ3) is 5.83. The highest BCUT2D eigenvalue weighted by molar-refractivity contribution is 6.74. The van der Waals surface area contributed by atoms with Crippen LogP contribution in [-0.2, 0) is 0 Å². The minimum Gasteiger partial charge on any atom is -0.355 e. The molecule has 0 saturated carbocycles. The third-order valence-corrected chi connectivity index (χ3v) is 11.7. The fourth-order valence-corrected chi connectivity index (χ4v) is 8.88. The highest BCUT2D eigenvalue weighted by Crippen LogP contribution is 2.46. The molecule has 1 heterocycles. The van der Waals surface area contributed by atoms with Gasteiger partial charge in [-0.05, 0) is 109 Å². The molecule has 1 radical (unpaired) electrons. The van der Waals surface area contributed by atoms with Gasteiger partial charge in [-0.2, -0.15) is 0 Å². The van der Waals surface area contributed by atoms with Crippen molar-refractivity contribution in [2.75, 3.05) is 10.2 Å². The molecule has 10 aromatic carbocycles. The fraction of sp³-hybridized carbons (Fsp3) is 0.0182. The highest BCUT2D eigenvalue weighted by Gasteiger charge is 2.31. The third-order valence-electron chi connectivity index (χ3n) is 11.7. The Hall–Kier alpha value is -7.36. The normalized spacial score (nSPS) is 12.0. The molecule has 0 saturated heterocycles. The number of fused-ring (bicyclic) bond motifs is 6. The van der Waals surface area contributed by atoms with Crippen LogP contribution in [0.2, 0.25) is 0 Å². The van der Waals surface area contributed by atoms with E-state index in [1.54, 1.807) is 0 Å². The van der Waals surface area contributed by atoms with Crippen molar-refractivity contribution < 1.29 is 0 Å². The van der Waals surface area contributed by atoms with E-state index in [0.29, 0.717) is 0 Å². The first-order valence-electron chi connectivity index (χ1n) is 20.0. The SMILES string of the molecule is Cc1ccc(-c2ccccc2)cc1N1c2cc3ccccc3cc2[B]c2c(-c3c(Nc4ccc(-c5ccccc5)cc4)ccc4ccccc34)cc3ccccc3c21. The van der Waals surface area contributed by atoms with Crippen LogP contribution in [0.25, 0.3) is 65.7 Å². The Morgan fingerprint density at radius 1 is 0.431 bits per heavy atom. The second-order valence-electron chi connectivity index (χ2n) is 15.3. The number of nitrogens with one attached hydrogen (secondary N) is 1. The molecule has 58 heavy (non-hydrogen) atoms. The van der Waals surface area contributed by atoms with E-state index in [9.17, 15) is 0 Å². The van der Waals surface area contributed by atoms with Gasteiger partial charge in [0.05, 0.1) is 0 Å². The molecule has 11 rings (SSSR count). The summed E-state index contributed by atoms with van der Waals surface area (Å²) in [5.74, 6) is 0. The summed E-state index contributed by atoms with van der Waals surface area (Å²) in [4.78, 5) is 2.55. The molecule has 0 amide bonds. The molecule has 0 spiro atoms. The molecule has 0 bridgehead atoms. The average molecular weight is 738 g/mol. The van der Waals surface area contributed by atoms with E-state index in [4.69, 9.17) is 0 Å². The van der Waals surface area contributed by atoms with E-state index in [1.165, 1.54) is 99.2 Å².